The number of hydrogen-bond donors (Lipinski definition) is 1. The summed E-state index contributed by atoms with van der Waals surface area (Å²) in [5.74, 6) is 0.839. The summed E-state index contributed by atoms with van der Waals surface area (Å²) in [6, 6.07) is 14.1. The smallest absolute Gasteiger partial charge is 0.365 e. The minimum absolute atomic E-state index is 0.0184. The van der Waals surface area contributed by atoms with Crippen LogP contribution in [0.1, 0.15) is 11.3 Å². The molecular weight excluding hydrogens is 282 g/mol. The highest BCUT2D eigenvalue weighted by Gasteiger charge is 2.11. The molecule has 21 heavy (non-hydrogen) atoms. The van der Waals surface area contributed by atoms with Crippen molar-refractivity contribution >= 4 is 24.3 Å². The molecule has 1 N–H and O–H groups in total. The van der Waals surface area contributed by atoms with Crippen LogP contribution in [0.2, 0.25) is 0 Å². The van der Waals surface area contributed by atoms with E-state index in [2.05, 4.69) is 16.0 Å². The molecule has 0 radical (unpaired) electrons. The minimum Gasteiger partial charge on any atom is -0.472 e. The van der Waals surface area contributed by atoms with Gasteiger partial charge in [0, 0.05) is 22.4 Å². The molecule has 0 atom stereocenters. The molecule has 0 aliphatic carbocycles. The van der Waals surface area contributed by atoms with Gasteiger partial charge in [-0.25, -0.2) is 4.58 Å². The molecule has 0 amide bonds. The van der Waals surface area contributed by atoms with Gasteiger partial charge in [-0.2, -0.15) is 0 Å². The Morgan fingerprint density at radius 3 is 2.76 bits per heavy atom. The summed E-state index contributed by atoms with van der Waals surface area (Å²) in [5.41, 5.74) is 2.13. The average Bonchev–Trinajstić information content (AvgIpc) is 2.93. The van der Waals surface area contributed by atoms with Crippen molar-refractivity contribution in [2.45, 2.75) is 10.6 Å². The van der Waals surface area contributed by atoms with Crippen LogP contribution in [0.4, 0.5) is 0 Å². The Balaban J connectivity index is 1.79. The van der Waals surface area contributed by atoms with Gasteiger partial charge in [-0.1, -0.05) is 24.3 Å². The highest BCUT2D eigenvalue weighted by Crippen LogP contribution is 2.24. The predicted octanol–water partition coefficient (Wildman–Crippen LogP) is 3.20. The SMILES string of the molecule is OC1=C[N+](=Cc2ccccc2SCc2ccccn2)C=N1. The molecule has 0 saturated carbocycles. The lowest BCUT2D eigenvalue weighted by Gasteiger charge is -2.04. The van der Waals surface area contributed by atoms with Crippen LogP contribution in [0.3, 0.4) is 0 Å². The molecule has 1 aromatic heterocycles. The standard InChI is InChI=1S/C16H13N3OS/c20-16-10-19(12-18-16)9-13-5-1-2-7-15(13)21-11-14-6-3-4-8-17-14/h1-10,12H,11H2/p+1. The Labute approximate surface area is 127 Å². The summed E-state index contributed by atoms with van der Waals surface area (Å²) in [5, 5.41) is 9.29. The number of pyridine rings is 1. The molecule has 0 unspecified atom stereocenters. The van der Waals surface area contributed by atoms with Gasteiger partial charge in [-0.15, -0.1) is 11.8 Å². The Hall–Kier alpha value is -2.40. The number of rotatable bonds is 4. The first-order valence-electron chi connectivity index (χ1n) is 6.50. The number of hydrogen-bond acceptors (Lipinski definition) is 4. The number of aliphatic hydroxyl groups is 1. The van der Waals surface area contributed by atoms with Crippen LogP contribution in [0, 0.1) is 0 Å². The topological polar surface area (TPSA) is 48.5 Å². The third kappa shape index (κ3) is 3.58. The van der Waals surface area contributed by atoms with E-state index in [4.69, 9.17) is 0 Å². The summed E-state index contributed by atoms with van der Waals surface area (Å²) in [4.78, 5) is 9.30. The second-order valence-electron chi connectivity index (χ2n) is 4.46. The third-order valence-corrected chi connectivity index (χ3v) is 4.02. The lowest BCUT2D eigenvalue weighted by atomic mass is 10.2. The predicted molar refractivity (Wildman–Crippen MR) is 84.9 cm³/mol. The Bertz CT molecular complexity index is 723. The largest absolute Gasteiger partial charge is 0.472 e. The summed E-state index contributed by atoms with van der Waals surface area (Å²) >= 11 is 1.74. The minimum atomic E-state index is 0.0184. The second kappa shape index (κ2) is 6.37. The van der Waals surface area contributed by atoms with Gasteiger partial charge < -0.3 is 5.11 Å². The molecule has 0 spiro atoms. The Kier molecular flexibility index (Phi) is 4.12. The van der Waals surface area contributed by atoms with E-state index in [0.29, 0.717) is 0 Å². The van der Waals surface area contributed by atoms with Crippen molar-refractivity contribution in [3.05, 3.63) is 72.0 Å². The highest BCUT2D eigenvalue weighted by molar-refractivity contribution is 7.98. The van der Waals surface area contributed by atoms with Gasteiger partial charge in [0.2, 0.25) is 0 Å². The monoisotopic (exact) mass is 296 g/mol. The molecule has 0 saturated heterocycles. The average molecular weight is 296 g/mol. The van der Waals surface area contributed by atoms with Crippen LogP contribution in [0.5, 0.6) is 0 Å². The maximum atomic E-state index is 9.29. The van der Waals surface area contributed by atoms with Gasteiger partial charge >= 0.3 is 5.88 Å². The molecular formula is C16H14N3OS+. The van der Waals surface area contributed by atoms with Gasteiger partial charge in [0.25, 0.3) is 6.34 Å². The van der Waals surface area contributed by atoms with Crippen molar-refractivity contribution in [1.82, 2.24) is 4.98 Å². The quantitative estimate of drug-likeness (QED) is 0.696. The fraction of sp³-hybridized carbons (Fsp3) is 0.0625. The number of aromatic nitrogens is 1. The van der Waals surface area contributed by atoms with Crippen LogP contribution >= 0.6 is 11.8 Å². The van der Waals surface area contributed by atoms with E-state index in [9.17, 15) is 5.11 Å². The molecule has 1 aliphatic heterocycles. The summed E-state index contributed by atoms with van der Waals surface area (Å²) < 4.78 is 1.75. The highest BCUT2D eigenvalue weighted by atomic mass is 32.2. The zero-order valence-corrected chi connectivity index (χ0v) is 12.1. The third-order valence-electron chi connectivity index (χ3n) is 2.90. The van der Waals surface area contributed by atoms with Crippen molar-refractivity contribution in [3.63, 3.8) is 0 Å². The zero-order valence-electron chi connectivity index (χ0n) is 11.3. The van der Waals surface area contributed by atoms with Crippen molar-refractivity contribution < 1.29 is 9.68 Å². The fourth-order valence-corrected chi connectivity index (χ4v) is 2.85. The fourth-order valence-electron chi connectivity index (χ4n) is 1.91. The van der Waals surface area contributed by atoms with Gasteiger partial charge in [0.15, 0.2) is 6.20 Å². The van der Waals surface area contributed by atoms with Crippen LogP contribution in [-0.4, -0.2) is 27.2 Å². The molecule has 3 rings (SSSR count). The van der Waals surface area contributed by atoms with Crippen LogP contribution in [0.15, 0.2) is 70.6 Å². The van der Waals surface area contributed by atoms with Crippen molar-refractivity contribution in [2.24, 2.45) is 4.99 Å². The number of aliphatic hydroxyl groups excluding tert-OH is 1. The van der Waals surface area contributed by atoms with E-state index in [1.165, 1.54) is 0 Å². The van der Waals surface area contributed by atoms with Gasteiger partial charge in [-0.05, 0) is 23.2 Å². The van der Waals surface area contributed by atoms with E-state index >= 15 is 0 Å². The van der Waals surface area contributed by atoms with E-state index in [-0.39, 0.29) is 5.88 Å². The molecule has 0 bridgehead atoms. The Morgan fingerprint density at radius 1 is 1.14 bits per heavy atom. The molecule has 4 nitrogen and oxygen atoms in total. The molecule has 0 fully saturated rings. The molecule has 104 valence electrons. The van der Waals surface area contributed by atoms with Crippen LogP contribution in [0.25, 0.3) is 0 Å². The number of benzene rings is 1. The van der Waals surface area contributed by atoms with Gasteiger partial charge in [0.05, 0.1) is 5.69 Å². The first-order chi connectivity index (χ1) is 10.3. The maximum absolute atomic E-state index is 9.29. The van der Waals surface area contributed by atoms with Gasteiger partial charge in [-0.3, -0.25) is 4.98 Å². The number of aliphatic imine (C=N–C) groups is 1. The second-order valence-corrected chi connectivity index (χ2v) is 5.47. The van der Waals surface area contributed by atoms with E-state index < -0.39 is 0 Å². The van der Waals surface area contributed by atoms with Crippen molar-refractivity contribution in [3.8, 4) is 0 Å². The summed E-state index contributed by atoms with van der Waals surface area (Å²) in [6.45, 7) is 0. The van der Waals surface area contributed by atoms with Crippen LogP contribution < -0.4 is 0 Å². The lowest BCUT2D eigenvalue weighted by Crippen LogP contribution is -2.02. The first-order valence-corrected chi connectivity index (χ1v) is 7.49. The van der Waals surface area contributed by atoms with Crippen molar-refractivity contribution in [1.29, 1.82) is 0 Å². The lowest BCUT2D eigenvalue weighted by molar-refractivity contribution is -0.304. The molecule has 2 heterocycles. The molecule has 2 aromatic rings. The summed E-state index contributed by atoms with van der Waals surface area (Å²) in [6.07, 6.45) is 6.89. The van der Waals surface area contributed by atoms with Crippen LogP contribution in [-0.2, 0) is 5.75 Å². The van der Waals surface area contributed by atoms with E-state index in [0.717, 1.165) is 21.9 Å². The number of nitrogens with zero attached hydrogens (tertiary/aromatic N) is 3. The molecule has 1 aliphatic rings. The van der Waals surface area contributed by atoms with Crippen molar-refractivity contribution in [2.75, 3.05) is 0 Å². The van der Waals surface area contributed by atoms with E-state index in [1.54, 1.807) is 28.9 Å². The first kappa shape index (κ1) is 13.6. The number of thioether (sulfide) groups is 1. The molecule has 1 aromatic carbocycles. The van der Waals surface area contributed by atoms with E-state index in [1.807, 2.05) is 48.8 Å². The Morgan fingerprint density at radius 2 is 2.00 bits per heavy atom. The maximum Gasteiger partial charge on any atom is 0.365 e. The zero-order chi connectivity index (χ0) is 14.5. The normalized spacial score (nSPS) is 15.4. The van der Waals surface area contributed by atoms with Gasteiger partial charge in [0.1, 0.15) is 6.21 Å². The summed E-state index contributed by atoms with van der Waals surface area (Å²) in [7, 11) is 0. The molecule has 5 heteroatoms.